The highest BCUT2D eigenvalue weighted by Gasteiger charge is 2.29. The minimum absolute atomic E-state index is 0.167. The van der Waals surface area contributed by atoms with E-state index in [0.29, 0.717) is 18.3 Å². The largest absolute Gasteiger partial charge is 0.464 e. The van der Waals surface area contributed by atoms with Gasteiger partial charge in [0, 0.05) is 6.54 Å². The third-order valence-electron chi connectivity index (χ3n) is 2.70. The van der Waals surface area contributed by atoms with Gasteiger partial charge in [0.1, 0.15) is 5.82 Å². The molecule has 0 radical (unpaired) electrons. The minimum Gasteiger partial charge on any atom is -0.464 e. The first kappa shape index (κ1) is 11.8. The van der Waals surface area contributed by atoms with E-state index < -0.39 is 5.97 Å². The van der Waals surface area contributed by atoms with Crippen LogP contribution in [0, 0.1) is 5.92 Å². The topological polar surface area (TPSA) is 84.3 Å². The number of hydrogen-bond donors (Lipinski definition) is 2. The van der Waals surface area contributed by atoms with Gasteiger partial charge in [0.2, 0.25) is 0 Å². The highest BCUT2D eigenvalue weighted by atomic mass is 16.5. The molecule has 6 nitrogen and oxygen atoms in total. The molecule has 1 aromatic heterocycles. The number of hydrogen-bond acceptors (Lipinski definition) is 6. The predicted molar refractivity (Wildman–Crippen MR) is 60.6 cm³/mol. The van der Waals surface area contributed by atoms with Crippen LogP contribution in [0.5, 0.6) is 0 Å². The Bertz CT molecular complexity index is 389. The second-order valence-corrected chi connectivity index (χ2v) is 4.06. The van der Waals surface area contributed by atoms with Crippen LogP contribution in [-0.2, 0) is 4.74 Å². The molecule has 1 fully saturated rings. The Balaban J connectivity index is 1.86. The number of nitrogens with one attached hydrogen (secondary N) is 1. The summed E-state index contributed by atoms with van der Waals surface area (Å²) in [4.78, 5) is 19.0. The number of carbonyl (C=O) groups is 1. The lowest BCUT2D eigenvalue weighted by Gasteiger charge is -2.10. The normalized spacial score (nSPS) is 16.4. The fourth-order valence-electron chi connectivity index (χ4n) is 1.49. The summed E-state index contributed by atoms with van der Waals surface area (Å²) < 4.78 is 4.51. The molecule has 1 aliphatic rings. The van der Waals surface area contributed by atoms with Gasteiger partial charge in [-0.2, -0.15) is 0 Å². The summed E-state index contributed by atoms with van der Waals surface area (Å²) in [5.74, 6) is 0.448. The van der Waals surface area contributed by atoms with E-state index in [4.69, 9.17) is 0 Å². The zero-order chi connectivity index (χ0) is 12.3. The van der Waals surface area contributed by atoms with Crippen molar-refractivity contribution < 1.29 is 14.6 Å². The van der Waals surface area contributed by atoms with E-state index in [-0.39, 0.29) is 11.8 Å². The number of carbonyl (C=O) groups excluding carboxylic acids is 1. The van der Waals surface area contributed by atoms with Crippen LogP contribution in [0.3, 0.4) is 0 Å². The van der Waals surface area contributed by atoms with Crippen molar-refractivity contribution in [3.63, 3.8) is 0 Å². The fraction of sp³-hybridized carbons (Fsp3) is 0.545. The van der Waals surface area contributed by atoms with Gasteiger partial charge in [-0.15, -0.1) is 0 Å². The zero-order valence-corrected chi connectivity index (χ0v) is 9.59. The maximum Gasteiger partial charge on any atom is 0.358 e. The molecule has 1 aromatic rings. The van der Waals surface area contributed by atoms with Crippen LogP contribution in [0.2, 0.25) is 0 Å². The number of anilines is 1. The molecule has 0 bridgehead atoms. The average molecular weight is 237 g/mol. The highest BCUT2D eigenvalue weighted by Crippen LogP contribution is 2.32. The number of nitrogens with zero attached hydrogens (tertiary/aromatic N) is 2. The van der Waals surface area contributed by atoms with Crippen molar-refractivity contribution in [3.8, 4) is 0 Å². The van der Waals surface area contributed by atoms with Crippen molar-refractivity contribution in [1.29, 1.82) is 0 Å². The number of rotatable bonds is 5. The molecule has 6 heteroatoms. The molecular weight excluding hydrogens is 222 g/mol. The zero-order valence-electron chi connectivity index (χ0n) is 9.59. The van der Waals surface area contributed by atoms with Crippen molar-refractivity contribution >= 4 is 11.8 Å². The van der Waals surface area contributed by atoms with E-state index in [1.165, 1.54) is 19.5 Å². The molecule has 1 aliphatic carbocycles. The Kier molecular flexibility index (Phi) is 3.53. The first-order valence-electron chi connectivity index (χ1n) is 5.53. The summed E-state index contributed by atoms with van der Waals surface area (Å²) in [5, 5.41) is 12.6. The Morgan fingerprint density at radius 3 is 2.88 bits per heavy atom. The van der Waals surface area contributed by atoms with Crippen molar-refractivity contribution in [2.75, 3.05) is 19.0 Å². The van der Waals surface area contributed by atoms with Gasteiger partial charge in [-0.3, -0.25) is 0 Å². The van der Waals surface area contributed by atoms with Gasteiger partial charge < -0.3 is 15.2 Å². The highest BCUT2D eigenvalue weighted by molar-refractivity contribution is 5.86. The number of aliphatic hydroxyl groups is 1. The molecule has 2 rings (SSSR count). The molecule has 17 heavy (non-hydrogen) atoms. The molecule has 92 valence electrons. The maximum absolute atomic E-state index is 11.1. The quantitative estimate of drug-likeness (QED) is 0.723. The van der Waals surface area contributed by atoms with Crippen molar-refractivity contribution in [2.45, 2.75) is 18.9 Å². The van der Waals surface area contributed by atoms with E-state index in [1.54, 1.807) is 0 Å². The molecule has 1 unspecified atom stereocenters. The Hall–Kier alpha value is -1.69. The third-order valence-corrected chi connectivity index (χ3v) is 2.70. The molecule has 0 aliphatic heterocycles. The Morgan fingerprint density at radius 2 is 2.35 bits per heavy atom. The minimum atomic E-state index is -0.512. The number of esters is 1. The van der Waals surface area contributed by atoms with Gasteiger partial charge in [0.15, 0.2) is 5.69 Å². The van der Waals surface area contributed by atoms with Gasteiger partial charge in [-0.25, -0.2) is 14.8 Å². The van der Waals surface area contributed by atoms with Crippen molar-refractivity contribution in [3.05, 3.63) is 18.1 Å². The lowest BCUT2D eigenvalue weighted by Crippen LogP contribution is -2.22. The molecule has 0 spiro atoms. The summed E-state index contributed by atoms with van der Waals surface area (Å²) in [6.07, 6.45) is 4.65. The van der Waals surface area contributed by atoms with Gasteiger partial charge in [0.05, 0.1) is 25.6 Å². The lowest BCUT2D eigenvalue weighted by molar-refractivity contribution is 0.0593. The van der Waals surface area contributed by atoms with Crippen molar-refractivity contribution in [2.24, 2.45) is 5.92 Å². The van der Waals surface area contributed by atoms with Gasteiger partial charge in [0.25, 0.3) is 0 Å². The van der Waals surface area contributed by atoms with Crippen LogP contribution in [-0.4, -0.2) is 40.8 Å². The van der Waals surface area contributed by atoms with E-state index in [0.717, 1.165) is 12.8 Å². The summed E-state index contributed by atoms with van der Waals surface area (Å²) in [5.41, 5.74) is 0.167. The monoisotopic (exact) mass is 237 g/mol. The molecule has 2 N–H and O–H groups in total. The van der Waals surface area contributed by atoms with Crippen LogP contribution < -0.4 is 5.32 Å². The molecular formula is C11H15N3O3. The maximum atomic E-state index is 11.1. The molecule has 0 saturated heterocycles. The average Bonchev–Trinajstić information content (AvgIpc) is 3.20. The van der Waals surface area contributed by atoms with Crippen LogP contribution >= 0.6 is 0 Å². The Morgan fingerprint density at radius 1 is 1.59 bits per heavy atom. The lowest BCUT2D eigenvalue weighted by atomic mass is 10.2. The number of aliphatic hydroxyl groups excluding tert-OH is 1. The van der Waals surface area contributed by atoms with E-state index in [1.807, 2.05) is 0 Å². The second kappa shape index (κ2) is 5.09. The molecule has 0 aromatic carbocycles. The third kappa shape index (κ3) is 3.13. The van der Waals surface area contributed by atoms with E-state index in [9.17, 15) is 9.90 Å². The van der Waals surface area contributed by atoms with E-state index >= 15 is 0 Å². The second-order valence-electron chi connectivity index (χ2n) is 4.06. The predicted octanol–water partition coefficient (Wildman–Crippen LogP) is 0.446. The first-order chi connectivity index (χ1) is 8.20. The van der Waals surface area contributed by atoms with Crippen LogP contribution in [0.1, 0.15) is 23.3 Å². The number of ether oxygens (including phenoxy) is 1. The Labute approximate surface area is 99.0 Å². The van der Waals surface area contributed by atoms with Crippen LogP contribution in [0.25, 0.3) is 0 Å². The molecule has 1 atom stereocenters. The standard InChI is InChI=1S/C11H15N3O3/c1-17-11(16)8-4-13-10(6-12-8)14-5-9(15)7-2-3-7/h4,6-7,9,15H,2-3,5H2,1H3,(H,13,14). The van der Waals surface area contributed by atoms with Gasteiger partial charge in [-0.1, -0.05) is 0 Å². The van der Waals surface area contributed by atoms with Gasteiger partial charge >= 0.3 is 5.97 Å². The summed E-state index contributed by atoms with van der Waals surface area (Å²) >= 11 is 0. The van der Waals surface area contributed by atoms with Crippen molar-refractivity contribution in [1.82, 2.24) is 9.97 Å². The summed E-state index contributed by atoms with van der Waals surface area (Å²) in [6.45, 7) is 0.455. The summed E-state index contributed by atoms with van der Waals surface area (Å²) in [7, 11) is 1.29. The number of aromatic nitrogens is 2. The SMILES string of the molecule is COC(=O)c1cnc(NCC(O)C2CC2)cn1. The van der Waals surface area contributed by atoms with Crippen LogP contribution in [0.15, 0.2) is 12.4 Å². The first-order valence-corrected chi connectivity index (χ1v) is 5.53. The molecule has 1 saturated carbocycles. The molecule has 1 heterocycles. The smallest absolute Gasteiger partial charge is 0.358 e. The van der Waals surface area contributed by atoms with Gasteiger partial charge in [-0.05, 0) is 18.8 Å². The fourth-order valence-corrected chi connectivity index (χ4v) is 1.49. The number of methoxy groups -OCH3 is 1. The van der Waals surface area contributed by atoms with E-state index in [2.05, 4.69) is 20.0 Å². The molecule has 0 amide bonds. The summed E-state index contributed by atoms with van der Waals surface area (Å²) in [6, 6.07) is 0. The van der Waals surface area contributed by atoms with Crippen LogP contribution in [0.4, 0.5) is 5.82 Å².